The highest BCUT2D eigenvalue weighted by atomic mass is 19.1. The van der Waals surface area contributed by atoms with Crippen molar-refractivity contribution >= 4 is 17.2 Å². The van der Waals surface area contributed by atoms with Gasteiger partial charge in [-0.25, -0.2) is 9.37 Å². The Morgan fingerprint density at radius 3 is 2.44 bits per heavy atom. The molecule has 0 atom stereocenters. The van der Waals surface area contributed by atoms with Gasteiger partial charge < -0.3 is 10.1 Å². The molecule has 0 saturated heterocycles. The molecule has 2 heterocycles. The number of halogens is 1. The topological polar surface area (TPSA) is 55.6 Å². The molecule has 1 N–H and O–H groups in total. The molecule has 134 valence electrons. The van der Waals surface area contributed by atoms with Crippen LogP contribution in [0.1, 0.15) is 16.2 Å². The minimum absolute atomic E-state index is 0.300. The summed E-state index contributed by atoms with van der Waals surface area (Å²) < 4.78 is 20.7. The summed E-state index contributed by atoms with van der Waals surface area (Å²) in [6.45, 7) is 1.72. The van der Waals surface area contributed by atoms with Crippen LogP contribution in [-0.4, -0.2) is 15.3 Å². The third kappa shape index (κ3) is 3.50. The van der Waals surface area contributed by atoms with Crippen molar-refractivity contribution in [1.29, 1.82) is 0 Å². The summed E-state index contributed by atoms with van der Waals surface area (Å²) >= 11 is 0. The predicted octanol–water partition coefficient (Wildman–Crippen LogP) is 4.83. The van der Waals surface area contributed by atoms with Gasteiger partial charge in [0.05, 0.1) is 5.69 Å². The molecule has 0 aliphatic carbocycles. The second-order valence-corrected chi connectivity index (χ2v) is 6.01. The van der Waals surface area contributed by atoms with E-state index in [0.717, 1.165) is 5.75 Å². The van der Waals surface area contributed by atoms with Gasteiger partial charge >= 0.3 is 0 Å². The van der Waals surface area contributed by atoms with Gasteiger partial charge in [-0.15, -0.1) is 0 Å². The number of pyridine rings is 1. The first-order chi connectivity index (χ1) is 13.1. The number of ether oxygens (including phenoxy) is 1. The van der Waals surface area contributed by atoms with Crippen LogP contribution in [0.4, 0.5) is 10.1 Å². The van der Waals surface area contributed by atoms with E-state index in [0.29, 0.717) is 28.5 Å². The predicted molar refractivity (Wildman–Crippen MR) is 101 cm³/mol. The summed E-state index contributed by atoms with van der Waals surface area (Å²) in [5.41, 5.74) is 1.95. The molecular weight excluding hydrogens is 345 g/mol. The normalized spacial score (nSPS) is 10.7. The van der Waals surface area contributed by atoms with Crippen LogP contribution in [0.3, 0.4) is 0 Å². The van der Waals surface area contributed by atoms with Crippen molar-refractivity contribution in [2.45, 2.75) is 6.92 Å². The van der Waals surface area contributed by atoms with Gasteiger partial charge in [-0.1, -0.05) is 18.2 Å². The van der Waals surface area contributed by atoms with Crippen LogP contribution in [0.2, 0.25) is 0 Å². The molecular formula is C21H16FN3O2. The quantitative estimate of drug-likeness (QED) is 0.567. The lowest BCUT2D eigenvalue weighted by atomic mass is 10.2. The number of anilines is 1. The molecule has 0 aliphatic rings. The maximum atomic E-state index is 13.5. The Bertz CT molecular complexity index is 1110. The number of carbonyl (C=O) groups excluding carboxylic acids is 1. The number of para-hydroxylation sites is 1. The van der Waals surface area contributed by atoms with Crippen molar-refractivity contribution in [3.05, 3.63) is 90.1 Å². The number of rotatable bonds is 4. The molecule has 4 rings (SSSR count). The fraction of sp³-hybridized carbons (Fsp3) is 0.0476. The number of imidazole rings is 1. The highest BCUT2D eigenvalue weighted by molar-refractivity contribution is 6.04. The SMILES string of the molecule is Cc1nc2ccc(F)cn2c1C(=O)Nc1ccc(Oc2ccccc2)cc1. The number of nitrogens with one attached hydrogen (secondary N) is 1. The molecule has 0 bridgehead atoms. The number of carbonyl (C=O) groups is 1. The van der Waals surface area contributed by atoms with Crippen LogP contribution in [0.5, 0.6) is 11.5 Å². The average molecular weight is 361 g/mol. The highest BCUT2D eigenvalue weighted by Crippen LogP contribution is 2.23. The van der Waals surface area contributed by atoms with Crippen molar-refractivity contribution in [2.75, 3.05) is 5.32 Å². The molecule has 0 fully saturated rings. The lowest BCUT2D eigenvalue weighted by Crippen LogP contribution is -2.15. The van der Waals surface area contributed by atoms with Gasteiger partial charge in [0, 0.05) is 11.9 Å². The zero-order valence-electron chi connectivity index (χ0n) is 14.5. The van der Waals surface area contributed by atoms with E-state index in [-0.39, 0.29) is 5.91 Å². The minimum Gasteiger partial charge on any atom is -0.457 e. The van der Waals surface area contributed by atoms with E-state index in [1.165, 1.54) is 22.7 Å². The smallest absolute Gasteiger partial charge is 0.274 e. The molecule has 0 aliphatic heterocycles. The number of fused-ring (bicyclic) bond motifs is 1. The van der Waals surface area contributed by atoms with Gasteiger partial charge in [-0.05, 0) is 55.5 Å². The number of amides is 1. The Morgan fingerprint density at radius 1 is 1.00 bits per heavy atom. The van der Waals surface area contributed by atoms with Gasteiger partial charge in [0.2, 0.25) is 0 Å². The monoisotopic (exact) mass is 361 g/mol. The third-order valence-electron chi connectivity index (χ3n) is 4.06. The van der Waals surface area contributed by atoms with Crippen molar-refractivity contribution in [3.63, 3.8) is 0 Å². The highest BCUT2D eigenvalue weighted by Gasteiger charge is 2.17. The second kappa shape index (κ2) is 6.92. The summed E-state index contributed by atoms with van der Waals surface area (Å²) in [5, 5.41) is 2.81. The van der Waals surface area contributed by atoms with E-state index in [2.05, 4.69) is 10.3 Å². The Morgan fingerprint density at radius 2 is 1.70 bits per heavy atom. The van der Waals surface area contributed by atoms with Crippen molar-refractivity contribution in [2.24, 2.45) is 0 Å². The number of aromatic nitrogens is 2. The zero-order valence-corrected chi connectivity index (χ0v) is 14.5. The molecule has 0 spiro atoms. The number of benzene rings is 2. The van der Waals surface area contributed by atoms with E-state index < -0.39 is 5.82 Å². The van der Waals surface area contributed by atoms with Crippen LogP contribution in [0.25, 0.3) is 5.65 Å². The summed E-state index contributed by atoms with van der Waals surface area (Å²) in [5.74, 6) is 0.601. The summed E-state index contributed by atoms with van der Waals surface area (Å²) in [4.78, 5) is 17.0. The van der Waals surface area contributed by atoms with Crippen molar-refractivity contribution in [3.8, 4) is 11.5 Å². The molecule has 0 unspecified atom stereocenters. The number of aryl methyl sites for hydroxylation is 1. The van der Waals surface area contributed by atoms with Crippen LogP contribution in [0.15, 0.2) is 72.9 Å². The molecule has 0 radical (unpaired) electrons. The Labute approximate surface area is 155 Å². The maximum absolute atomic E-state index is 13.5. The number of hydrogen-bond acceptors (Lipinski definition) is 3. The van der Waals surface area contributed by atoms with E-state index in [4.69, 9.17) is 4.74 Å². The second-order valence-electron chi connectivity index (χ2n) is 6.01. The lowest BCUT2D eigenvalue weighted by molar-refractivity contribution is 0.102. The molecule has 2 aromatic carbocycles. The zero-order chi connectivity index (χ0) is 18.8. The fourth-order valence-corrected chi connectivity index (χ4v) is 2.83. The lowest BCUT2D eigenvalue weighted by Gasteiger charge is -2.08. The Kier molecular flexibility index (Phi) is 4.30. The van der Waals surface area contributed by atoms with E-state index >= 15 is 0 Å². The van der Waals surface area contributed by atoms with E-state index in [1.54, 1.807) is 31.2 Å². The Hall–Kier alpha value is -3.67. The van der Waals surface area contributed by atoms with Gasteiger partial charge in [0.1, 0.15) is 28.7 Å². The molecule has 27 heavy (non-hydrogen) atoms. The maximum Gasteiger partial charge on any atom is 0.274 e. The largest absolute Gasteiger partial charge is 0.457 e. The summed E-state index contributed by atoms with van der Waals surface area (Å²) in [6, 6.07) is 19.3. The van der Waals surface area contributed by atoms with Crippen LogP contribution in [0, 0.1) is 12.7 Å². The Balaban J connectivity index is 1.53. The standard InChI is InChI=1S/C21H16FN3O2/c1-14-20(25-13-15(22)7-12-19(25)23-14)21(26)24-16-8-10-18(11-9-16)27-17-5-3-2-4-6-17/h2-13H,1H3,(H,24,26). The fourth-order valence-electron chi connectivity index (χ4n) is 2.83. The number of hydrogen-bond donors (Lipinski definition) is 1. The molecule has 1 amide bonds. The third-order valence-corrected chi connectivity index (χ3v) is 4.06. The summed E-state index contributed by atoms with van der Waals surface area (Å²) in [7, 11) is 0. The average Bonchev–Trinajstić information content (AvgIpc) is 2.99. The summed E-state index contributed by atoms with van der Waals surface area (Å²) in [6.07, 6.45) is 1.25. The molecule has 2 aromatic heterocycles. The van der Waals surface area contributed by atoms with Crippen molar-refractivity contribution < 1.29 is 13.9 Å². The van der Waals surface area contributed by atoms with Crippen LogP contribution in [-0.2, 0) is 0 Å². The van der Waals surface area contributed by atoms with Gasteiger partial charge in [0.15, 0.2) is 0 Å². The van der Waals surface area contributed by atoms with E-state index in [9.17, 15) is 9.18 Å². The van der Waals surface area contributed by atoms with E-state index in [1.807, 2.05) is 30.3 Å². The first-order valence-electron chi connectivity index (χ1n) is 8.39. The molecule has 0 saturated carbocycles. The van der Waals surface area contributed by atoms with Crippen molar-refractivity contribution in [1.82, 2.24) is 9.38 Å². The van der Waals surface area contributed by atoms with Gasteiger partial charge in [-0.3, -0.25) is 9.20 Å². The van der Waals surface area contributed by atoms with Crippen LogP contribution < -0.4 is 10.1 Å². The molecule has 5 nitrogen and oxygen atoms in total. The first kappa shape index (κ1) is 16.8. The number of nitrogens with zero attached hydrogens (tertiary/aromatic N) is 2. The molecule has 4 aromatic rings. The molecule has 6 heteroatoms. The van der Waals surface area contributed by atoms with Gasteiger partial charge in [-0.2, -0.15) is 0 Å². The first-order valence-corrected chi connectivity index (χ1v) is 8.39. The van der Waals surface area contributed by atoms with Crippen LogP contribution >= 0.6 is 0 Å². The van der Waals surface area contributed by atoms with Gasteiger partial charge in [0.25, 0.3) is 5.91 Å². The minimum atomic E-state index is -0.434.